The number of hydrogen-bond acceptors (Lipinski definition) is 6. The summed E-state index contributed by atoms with van der Waals surface area (Å²) in [6, 6.07) is 22.8. The van der Waals surface area contributed by atoms with Gasteiger partial charge >= 0.3 is 5.97 Å². The summed E-state index contributed by atoms with van der Waals surface area (Å²) in [5.41, 5.74) is 3.93. The topological polar surface area (TPSA) is 76.9 Å². The van der Waals surface area contributed by atoms with Crippen LogP contribution in [0, 0.1) is 5.82 Å². The first-order valence-electron chi connectivity index (χ1n) is 12.8. The zero-order chi connectivity index (χ0) is 27.4. The molecule has 0 N–H and O–H groups in total. The molecule has 9 heteroatoms. The van der Waals surface area contributed by atoms with E-state index in [1.54, 1.807) is 49.0 Å². The van der Waals surface area contributed by atoms with Crippen LogP contribution in [0.4, 0.5) is 10.1 Å². The van der Waals surface area contributed by atoms with Gasteiger partial charge in [0.15, 0.2) is 5.69 Å². The highest BCUT2D eigenvalue weighted by Gasteiger charge is 2.24. The van der Waals surface area contributed by atoms with Crippen molar-refractivity contribution in [3.05, 3.63) is 95.9 Å². The standard InChI is InChI=1S/C30H29FN4O4/c1-3-39-30(37)26-20-27(35(32-26)24-14-10-22(31)11-15-24)21-8-12-23(13-9-21)33-16-18-34(19-17-33)29(36)25-6-4-5-7-28(25)38-2/h4-15,20H,3,16-19H2,1-2H3. The number of carbonyl (C=O) groups is 2. The van der Waals surface area contributed by atoms with Crippen molar-refractivity contribution >= 4 is 17.6 Å². The zero-order valence-electron chi connectivity index (χ0n) is 21.8. The third-order valence-electron chi connectivity index (χ3n) is 6.70. The number of piperazine rings is 1. The predicted octanol–water partition coefficient (Wildman–Crippen LogP) is 4.83. The molecular weight excluding hydrogens is 499 g/mol. The Morgan fingerprint density at radius 3 is 2.23 bits per heavy atom. The van der Waals surface area contributed by atoms with Crippen molar-refractivity contribution in [3.8, 4) is 22.7 Å². The molecule has 1 fully saturated rings. The average Bonchev–Trinajstić information content (AvgIpc) is 3.43. The Kier molecular flexibility index (Phi) is 7.58. The lowest BCUT2D eigenvalue weighted by Gasteiger charge is -2.36. The number of nitrogens with zero attached hydrogens (tertiary/aromatic N) is 4. The molecule has 1 aromatic heterocycles. The lowest BCUT2D eigenvalue weighted by molar-refractivity contribution is 0.0518. The highest BCUT2D eigenvalue weighted by Crippen LogP contribution is 2.28. The van der Waals surface area contributed by atoms with Crippen LogP contribution in [-0.4, -0.2) is 66.5 Å². The Labute approximate surface area is 226 Å². The van der Waals surface area contributed by atoms with Gasteiger partial charge in [-0.2, -0.15) is 5.10 Å². The zero-order valence-corrected chi connectivity index (χ0v) is 21.8. The van der Waals surface area contributed by atoms with Gasteiger partial charge in [0.2, 0.25) is 0 Å². The highest BCUT2D eigenvalue weighted by molar-refractivity contribution is 5.97. The van der Waals surface area contributed by atoms with E-state index in [2.05, 4.69) is 10.00 Å². The Hall–Kier alpha value is -4.66. The van der Waals surface area contributed by atoms with Crippen LogP contribution in [0.15, 0.2) is 78.9 Å². The van der Waals surface area contributed by atoms with Crippen molar-refractivity contribution in [2.45, 2.75) is 6.92 Å². The molecule has 0 saturated carbocycles. The normalized spacial score (nSPS) is 13.3. The number of methoxy groups -OCH3 is 1. The molecule has 1 saturated heterocycles. The first-order valence-corrected chi connectivity index (χ1v) is 12.8. The third kappa shape index (κ3) is 5.47. The maximum absolute atomic E-state index is 13.5. The van der Waals surface area contributed by atoms with Crippen LogP contribution in [-0.2, 0) is 4.74 Å². The lowest BCUT2D eigenvalue weighted by atomic mass is 10.1. The summed E-state index contributed by atoms with van der Waals surface area (Å²) in [4.78, 5) is 29.5. The van der Waals surface area contributed by atoms with Crippen molar-refractivity contribution in [2.24, 2.45) is 0 Å². The van der Waals surface area contributed by atoms with E-state index >= 15 is 0 Å². The quantitative estimate of drug-likeness (QED) is 0.320. The molecule has 200 valence electrons. The van der Waals surface area contributed by atoms with E-state index in [9.17, 15) is 14.0 Å². The third-order valence-corrected chi connectivity index (χ3v) is 6.70. The second kappa shape index (κ2) is 11.4. The largest absolute Gasteiger partial charge is 0.496 e. The summed E-state index contributed by atoms with van der Waals surface area (Å²) in [7, 11) is 1.57. The Balaban J connectivity index is 1.33. The maximum Gasteiger partial charge on any atom is 0.358 e. The smallest absolute Gasteiger partial charge is 0.358 e. The molecule has 1 aliphatic heterocycles. The number of para-hydroxylation sites is 1. The summed E-state index contributed by atoms with van der Waals surface area (Å²) >= 11 is 0. The number of carbonyl (C=O) groups excluding carboxylic acids is 2. The van der Waals surface area contributed by atoms with Crippen LogP contribution in [0.5, 0.6) is 5.75 Å². The maximum atomic E-state index is 13.5. The van der Waals surface area contributed by atoms with Gasteiger partial charge in [0.25, 0.3) is 5.91 Å². The molecule has 0 bridgehead atoms. The molecule has 0 radical (unpaired) electrons. The number of ether oxygens (including phenoxy) is 2. The van der Waals surface area contributed by atoms with Gasteiger partial charge in [-0.25, -0.2) is 13.9 Å². The van der Waals surface area contributed by atoms with E-state index in [0.717, 1.165) is 11.3 Å². The van der Waals surface area contributed by atoms with Gasteiger partial charge in [0, 0.05) is 37.4 Å². The van der Waals surface area contributed by atoms with Crippen molar-refractivity contribution in [2.75, 3.05) is 44.8 Å². The molecule has 5 rings (SSSR count). The lowest BCUT2D eigenvalue weighted by Crippen LogP contribution is -2.48. The summed E-state index contributed by atoms with van der Waals surface area (Å²) < 4.78 is 25.6. The second-order valence-electron chi connectivity index (χ2n) is 9.05. The van der Waals surface area contributed by atoms with Gasteiger partial charge in [-0.3, -0.25) is 4.79 Å². The number of esters is 1. The molecule has 39 heavy (non-hydrogen) atoms. The SMILES string of the molecule is CCOC(=O)c1cc(-c2ccc(N3CCN(C(=O)c4ccccc4OC)CC3)cc2)n(-c2ccc(F)cc2)n1. The fraction of sp³-hybridized carbons (Fsp3) is 0.233. The summed E-state index contributed by atoms with van der Waals surface area (Å²) in [6.45, 7) is 4.56. The molecular formula is C30H29FN4O4. The number of aromatic nitrogens is 2. The number of anilines is 1. The van der Waals surface area contributed by atoms with E-state index in [4.69, 9.17) is 9.47 Å². The second-order valence-corrected chi connectivity index (χ2v) is 9.05. The van der Waals surface area contributed by atoms with Gasteiger partial charge in [0.05, 0.1) is 30.7 Å². The number of amides is 1. The first kappa shape index (κ1) is 26.0. The molecule has 3 aromatic carbocycles. The molecule has 0 unspecified atom stereocenters. The molecule has 4 aromatic rings. The minimum absolute atomic E-state index is 0.0334. The van der Waals surface area contributed by atoms with Gasteiger partial charge in [0.1, 0.15) is 11.6 Å². The molecule has 2 heterocycles. The van der Waals surface area contributed by atoms with E-state index in [1.165, 1.54) is 12.1 Å². The van der Waals surface area contributed by atoms with Gasteiger partial charge in [-0.05, 0) is 61.5 Å². The minimum Gasteiger partial charge on any atom is -0.496 e. The van der Waals surface area contributed by atoms with Crippen molar-refractivity contribution < 1.29 is 23.5 Å². The molecule has 0 aliphatic carbocycles. The van der Waals surface area contributed by atoms with Crippen LogP contribution in [0.1, 0.15) is 27.8 Å². The van der Waals surface area contributed by atoms with Crippen LogP contribution >= 0.6 is 0 Å². The van der Waals surface area contributed by atoms with Gasteiger partial charge < -0.3 is 19.3 Å². The molecule has 1 amide bonds. The first-order chi connectivity index (χ1) is 19.0. The fourth-order valence-electron chi connectivity index (χ4n) is 4.67. The molecule has 1 aliphatic rings. The van der Waals surface area contributed by atoms with E-state index in [0.29, 0.717) is 48.9 Å². The van der Waals surface area contributed by atoms with Gasteiger partial charge in [-0.15, -0.1) is 0 Å². The molecule has 0 atom stereocenters. The van der Waals surface area contributed by atoms with E-state index in [1.807, 2.05) is 41.3 Å². The predicted molar refractivity (Wildman–Crippen MR) is 146 cm³/mol. The number of hydrogen-bond donors (Lipinski definition) is 0. The van der Waals surface area contributed by atoms with Crippen LogP contribution in [0.3, 0.4) is 0 Å². The molecule has 0 spiro atoms. The number of benzene rings is 3. The fourth-order valence-corrected chi connectivity index (χ4v) is 4.67. The minimum atomic E-state index is -0.517. The van der Waals surface area contributed by atoms with Crippen LogP contribution in [0.2, 0.25) is 0 Å². The van der Waals surface area contributed by atoms with Crippen molar-refractivity contribution in [1.82, 2.24) is 14.7 Å². The Bertz CT molecular complexity index is 1460. The summed E-state index contributed by atoms with van der Waals surface area (Å²) in [6.07, 6.45) is 0. The van der Waals surface area contributed by atoms with Crippen LogP contribution in [0.25, 0.3) is 16.9 Å². The van der Waals surface area contributed by atoms with E-state index in [-0.39, 0.29) is 24.0 Å². The highest BCUT2D eigenvalue weighted by atomic mass is 19.1. The number of rotatable bonds is 7. The van der Waals surface area contributed by atoms with Crippen molar-refractivity contribution in [3.63, 3.8) is 0 Å². The molecule has 8 nitrogen and oxygen atoms in total. The van der Waals surface area contributed by atoms with E-state index < -0.39 is 5.97 Å². The summed E-state index contributed by atoms with van der Waals surface area (Å²) in [5, 5.41) is 4.44. The summed E-state index contributed by atoms with van der Waals surface area (Å²) in [5.74, 6) is -0.329. The van der Waals surface area contributed by atoms with Crippen molar-refractivity contribution in [1.29, 1.82) is 0 Å². The van der Waals surface area contributed by atoms with Gasteiger partial charge in [-0.1, -0.05) is 24.3 Å². The average molecular weight is 529 g/mol. The van der Waals surface area contributed by atoms with Crippen LogP contribution < -0.4 is 9.64 Å². The monoisotopic (exact) mass is 528 g/mol. The Morgan fingerprint density at radius 2 is 1.56 bits per heavy atom. The number of halogens is 1. The Morgan fingerprint density at radius 1 is 0.897 bits per heavy atom.